The molecule has 0 aromatic carbocycles. The molecule has 0 saturated heterocycles. The van der Waals surface area contributed by atoms with Crippen LogP contribution in [0.2, 0.25) is 0 Å². The van der Waals surface area contributed by atoms with E-state index in [-0.39, 0.29) is 17.7 Å². The minimum atomic E-state index is -1.00. The molecule has 1 aliphatic rings. The van der Waals surface area contributed by atoms with Gasteiger partial charge in [-0.25, -0.2) is 14.1 Å². The first-order valence-corrected chi connectivity index (χ1v) is 13.6. The summed E-state index contributed by atoms with van der Waals surface area (Å²) in [6, 6.07) is 8.64. The number of nitrogens with one attached hydrogen (secondary N) is 3. The SMILES string of the molecule is CO[C@]1(C(=O)N[C@@H](C)c2ccc(-n3cc(F)cn3)nn2)CC[C@@H](c2nc(NC(=N)/C=C(/C)N)cc3cccnc32)CC1. The lowest BCUT2D eigenvalue weighted by atomic mass is 9.76. The highest BCUT2D eigenvalue weighted by molar-refractivity contribution is 6.02. The highest BCUT2D eigenvalue weighted by Crippen LogP contribution is 2.41. The van der Waals surface area contributed by atoms with E-state index in [2.05, 4.69) is 30.9 Å². The van der Waals surface area contributed by atoms with Crippen molar-refractivity contribution in [2.45, 2.75) is 57.1 Å². The number of hydrogen-bond acceptors (Lipinski definition) is 9. The third kappa shape index (κ3) is 6.10. The molecular weight excluding hydrogens is 539 g/mol. The van der Waals surface area contributed by atoms with Crippen LogP contribution in [0.5, 0.6) is 0 Å². The van der Waals surface area contributed by atoms with Crippen LogP contribution in [-0.4, -0.2) is 54.4 Å². The number of carbonyl (C=O) groups excluding carboxylic acids is 1. The zero-order valence-corrected chi connectivity index (χ0v) is 23.6. The Balaban J connectivity index is 1.29. The zero-order chi connectivity index (χ0) is 29.9. The lowest BCUT2D eigenvalue weighted by molar-refractivity contribution is -0.148. The van der Waals surface area contributed by atoms with Crippen LogP contribution in [0.15, 0.2) is 60.7 Å². The molecule has 1 saturated carbocycles. The quantitative estimate of drug-likeness (QED) is 0.181. The maximum atomic E-state index is 13.5. The number of anilines is 1. The number of rotatable bonds is 8. The van der Waals surface area contributed by atoms with Gasteiger partial charge in [-0.3, -0.25) is 15.2 Å². The van der Waals surface area contributed by atoms with Crippen LogP contribution in [0.3, 0.4) is 0 Å². The Morgan fingerprint density at radius 1 is 1.29 bits per heavy atom. The van der Waals surface area contributed by atoms with Gasteiger partial charge < -0.3 is 21.1 Å². The average molecular weight is 573 g/mol. The van der Waals surface area contributed by atoms with Gasteiger partial charge in [0.25, 0.3) is 5.91 Å². The van der Waals surface area contributed by atoms with Gasteiger partial charge in [-0.05, 0) is 69.9 Å². The van der Waals surface area contributed by atoms with Crippen molar-refractivity contribution in [1.82, 2.24) is 35.3 Å². The number of methoxy groups -OCH3 is 1. The fourth-order valence-electron chi connectivity index (χ4n) is 5.26. The Morgan fingerprint density at radius 3 is 2.71 bits per heavy atom. The van der Waals surface area contributed by atoms with Crippen molar-refractivity contribution >= 4 is 28.5 Å². The first-order chi connectivity index (χ1) is 20.2. The number of allylic oxidation sites excluding steroid dienone is 1. The summed E-state index contributed by atoms with van der Waals surface area (Å²) < 4.78 is 20.4. The van der Waals surface area contributed by atoms with Crippen molar-refractivity contribution < 1.29 is 13.9 Å². The van der Waals surface area contributed by atoms with Gasteiger partial charge in [0.2, 0.25) is 0 Å². The Labute approximate surface area is 242 Å². The summed E-state index contributed by atoms with van der Waals surface area (Å²) in [5.41, 5.74) is 7.41. The van der Waals surface area contributed by atoms with Gasteiger partial charge in [0.1, 0.15) is 17.3 Å². The molecule has 1 atom stereocenters. The van der Waals surface area contributed by atoms with Crippen LogP contribution in [0, 0.1) is 11.2 Å². The van der Waals surface area contributed by atoms with Crippen molar-refractivity contribution in [2.24, 2.45) is 5.73 Å². The first kappa shape index (κ1) is 28.7. The third-order valence-corrected chi connectivity index (χ3v) is 7.48. The summed E-state index contributed by atoms with van der Waals surface area (Å²) >= 11 is 0. The van der Waals surface area contributed by atoms with E-state index in [4.69, 9.17) is 20.9 Å². The van der Waals surface area contributed by atoms with Gasteiger partial charge in [0.15, 0.2) is 11.6 Å². The fourth-order valence-corrected chi connectivity index (χ4v) is 5.26. The Bertz CT molecular complexity index is 1620. The summed E-state index contributed by atoms with van der Waals surface area (Å²) in [5.74, 6) is 0.391. The number of pyridine rings is 2. The zero-order valence-electron chi connectivity index (χ0n) is 23.6. The molecule has 4 heterocycles. The highest BCUT2D eigenvalue weighted by Gasteiger charge is 2.43. The minimum absolute atomic E-state index is 0.0455. The molecule has 1 fully saturated rings. The molecule has 4 aromatic heterocycles. The highest BCUT2D eigenvalue weighted by atomic mass is 19.1. The van der Waals surface area contributed by atoms with Gasteiger partial charge in [0.05, 0.1) is 35.3 Å². The predicted molar refractivity (Wildman–Crippen MR) is 155 cm³/mol. The Morgan fingerprint density at radius 2 is 2.07 bits per heavy atom. The average Bonchev–Trinajstić information content (AvgIpc) is 3.42. The number of nitrogens with two attached hydrogens (primary N) is 1. The first-order valence-electron chi connectivity index (χ1n) is 13.6. The number of nitrogens with zero attached hydrogens (tertiary/aromatic N) is 6. The van der Waals surface area contributed by atoms with Crippen LogP contribution in [0.4, 0.5) is 10.2 Å². The molecule has 5 rings (SSSR count). The number of carbonyl (C=O) groups is 1. The topological polar surface area (TPSA) is 170 Å². The van der Waals surface area contributed by atoms with Crippen LogP contribution in [0.1, 0.15) is 62.9 Å². The van der Waals surface area contributed by atoms with Crippen molar-refractivity contribution in [3.05, 3.63) is 77.9 Å². The fraction of sp³-hybridized carbons (Fsp3) is 0.345. The van der Waals surface area contributed by atoms with Gasteiger partial charge in [0, 0.05) is 30.3 Å². The molecule has 218 valence electrons. The van der Waals surface area contributed by atoms with Gasteiger partial charge >= 0.3 is 0 Å². The standard InChI is InChI=1S/C29H33FN10O2/c1-17(31)13-23(32)36-24-14-20-5-4-12-33-26(20)27(37-24)19-8-10-29(42-3,11-9-19)28(41)35-18(2)22-6-7-25(39-38-22)40-16-21(30)15-34-40/h4-7,12-16,18-19H,8-11,31H2,1-3H3,(H,35,41)(H2,32,36,37)/b17-13-/t18-,19-,29-/m0/s1. The second-order valence-electron chi connectivity index (χ2n) is 10.5. The molecular formula is C29H33FN10O2. The van der Waals surface area contributed by atoms with Crippen LogP contribution >= 0.6 is 0 Å². The van der Waals surface area contributed by atoms with E-state index < -0.39 is 17.5 Å². The third-order valence-electron chi connectivity index (χ3n) is 7.48. The van der Waals surface area contributed by atoms with Crippen molar-refractivity contribution in [1.29, 1.82) is 5.41 Å². The van der Waals surface area contributed by atoms with E-state index in [0.717, 1.165) is 22.8 Å². The molecule has 0 unspecified atom stereocenters. The normalized spacial score (nSPS) is 19.8. The van der Waals surface area contributed by atoms with E-state index in [1.807, 2.05) is 25.1 Å². The molecule has 13 heteroatoms. The number of amides is 1. The van der Waals surface area contributed by atoms with Crippen molar-refractivity contribution in [3.63, 3.8) is 0 Å². The van der Waals surface area contributed by atoms with Crippen LogP contribution in [0.25, 0.3) is 16.7 Å². The summed E-state index contributed by atoms with van der Waals surface area (Å²) in [4.78, 5) is 23.0. The predicted octanol–water partition coefficient (Wildman–Crippen LogP) is 3.92. The number of ether oxygens (including phenoxy) is 1. The lowest BCUT2D eigenvalue weighted by Gasteiger charge is -2.38. The molecule has 1 amide bonds. The molecule has 12 nitrogen and oxygen atoms in total. The maximum absolute atomic E-state index is 13.5. The summed E-state index contributed by atoms with van der Waals surface area (Å²) in [5, 5.41) is 27.3. The minimum Gasteiger partial charge on any atom is -0.402 e. The number of halogens is 1. The molecule has 42 heavy (non-hydrogen) atoms. The molecule has 0 spiro atoms. The maximum Gasteiger partial charge on any atom is 0.252 e. The number of aromatic nitrogens is 6. The van der Waals surface area contributed by atoms with Gasteiger partial charge in [-0.2, -0.15) is 10.2 Å². The summed E-state index contributed by atoms with van der Waals surface area (Å²) in [6.07, 6.45) is 7.86. The Kier molecular flexibility index (Phi) is 8.20. The van der Waals surface area contributed by atoms with E-state index in [1.165, 1.54) is 17.0 Å². The van der Waals surface area contributed by atoms with Gasteiger partial charge in [-0.15, -0.1) is 5.10 Å². The Hall–Kier alpha value is -4.78. The molecule has 0 bridgehead atoms. The van der Waals surface area contributed by atoms with Crippen molar-refractivity contribution in [2.75, 3.05) is 12.4 Å². The molecule has 5 N–H and O–H groups in total. The number of hydrogen-bond donors (Lipinski definition) is 4. The van der Waals surface area contributed by atoms with E-state index in [1.54, 1.807) is 32.4 Å². The smallest absolute Gasteiger partial charge is 0.252 e. The lowest BCUT2D eigenvalue weighted by Crippen LogP contribution is -2.51. The second-order valence-corrected chi connectivity index (χ2v) is 10.5. The van der Waals surface area contributed by atoms with Crippen LogP contribution < -0.4 is 16.4 Å². The monoisotopic (exact) mass is 572 g/mol. The summed E-state index contributed by atoms with van der Waals surface area (Å²) in [7, 11) is 1.56. The van der Waals surface area contributed by atoms with Gasteiger partial charge in [-0.1, -0.05) is 6.07 Å². The van der Waals surface area contributed by atoms with Crippen LogP contribution in [-0.2, 0) is 9.53 Å². The number of fused-ring (bicyclic) bond motifs is 1. The molecule has 0 aliphatic heterocycles. The van der Waals surface area contributed by atoms with E-state index >= 15 is 0 Å². The molecule has 0 radical (unpaired) electrons. The molecule has 4 aromatic rings. The second kappa shape index (κ2) is 12.0. The van der Waals surface area contributed by atoms with E-state index in [9.17, 15) is 9.18 Å². The summed E-state index contributed by atoms with van der Waals surface area (Å²) in [6.45, 7) is 3.54. The largest absolute Gasteiger partial charge is 0.402 e. The van der Waals surface area contributed by atoms with Crippen molar-refractivity contribution in [3.8, 4) is 5.82 Å². The molecule has 1 aliphatic carbocycles. The number of amidine groups is 1. The van der Waals surface area contributed by atoms with E-state index in [0.29, 0.717) is 48.7 Å².